The predicted molar refractivity (Wildman–Crippen MR) is 89.0 cm³/mol. The van der Waals surface area contributed by atoms with Crippen LogP contribution in [0.25, 0.3) is 0 Å². The number of carbonyl (C=O) groups excluding carboxylic acids is 2. The largest absolute Gasteiger partial charge is 0.272 e. The molecule has 1 unspecified atom stereocenters. The number of rotatable bonds is 5. The van der Waals surface area contributed by atoms with Gasteiger partial charge >= 0.3 is 0 Å². The van der Waals surface area contributed by atoms with E-state index in [-0.39, 0.29) is 5.56 Å². The molecule has 0 aliphatic carbocycles. The van der Waals surface area contributed by atoms with Crippen molar-refractivity contribution < 1.29 is 14.0 Å². The minimum absolute atomic E-state index is 0.171. The quantitative estimate of drug-likeness (QED) is 0.667. The van der Waals surface area contributed by atoms with Crippen molar-refractivity contribution in [3.63, 3.8) is 0 Å². The fraction of sp³-hybridized carbons (Fsp3) is 0.118. The van der Waals surface area contributed by atoms with E-state index in [1.165, 1.54) is 29.2 Å². The van der Waals surface area contributed by atoms with Crippen LogP contribution < -0.4 is 10.9 Å². The summed E-state index contributed by atoms with van der Waals surface area (Å²) in [7, 11) is 0. The molecule has 26 heavy (non-hydrogen) atoms. The maximum absolute atomic E-state index is 13.6. The Balaban J connectivity index is 1.70. The molecule has 0 aliphatic heterocycles. The van der Waals surface area contributed by atoms with Gasteiger partial charge in [0, 0.05) is 6.42 Å². The first kappa shape index (κ1) is 17.2. The second-order valence-electron chi connectivity index (χ2n) is 5.42. The Bertz CT molecular complexity index is 885. The average molecular weight is 354 g/mol. The number of tetrazole rings is 1. The standard InChI is InChI=1S/C17H15FN6O2/c18-14-9-5-4-8-13(14)16(25)20-21-17(26)15(24-11-19-22-23-24)10-12-6-2-1-3-7-12/h1-9,11,15H,10H2,(H,20,25)(H,21,26). The first-order valence-electron chi connectivity index (χ1n) is 7.76. The third-order valence-corrected chi connectivity index (χ3v) is 3.68. The highest BCUT2D eigenvalue weighted by molar-refractivity contribution is 5.95. The van der Waals surface area contributed by atoms with Crippen LogP contribution in [0.2, 0.25) is 0 Å². The molecular formula is C17H15FN6O2. The highest BCUT2D eigenvalue weighted by Gasteiger charge is 2.23. The van der Waals surface area contributed by atoms with Crippen LogP contribution >= 0.6 is 0 Å². The number of benzene rings is 2. The molecule has 3 aromatic rings. The van der Waals surface area contributed by atoms with Crippen molar-refractivity contribution in [1.82, 2.24) is 31.1 Å². The summed E-state index contributed by atoms with van der Waals surface area (Å²) in [5.74, 6) is -1.97. The van der Waals surface area contributed by atoms with Crippen LogP contribution in [0.4, 0.5) is 4.39 Å². The number of nitrogens with one attached hydrogen (secondary N) is 2. The van der Waals surface area contributed by atoms with E-state index in [0.717, 1.165) is 11.6 Å². The zero-order valence-electron chi connectivity index (χ0n) is 13.5. The number of hydrogen-bond donors (Lipinski definition) is 2. The number of hydrogen-bond acceptors (Lipinski definition) is 5. The molecule has 0 fully saturated rings. The summed E-state index contributed by atoms with van der Waals surface area (Å²) in [6.45, 7) is 0. The predicted octanol–water partition coefficient (Wildman–Crippen LogP) is 1.06. The summed E-state index contributed by atoms with van der Waals surface area (Å²) in [5, 5.41) is 10.8. The highest BCUT2D eigenvalue weighted by atomic mass is 19.1. The van der Waals surface area contributed by atoms with Gasteiger partial charge < -0.3 is 0 Å². The van der Waals surface area contributed by atoms with Crippen molar-refractivity contribution in [2.45, 2.75) is 12.5 Å². The Morgan fingerprint density at radius 1 is 1.04 bits per heavy atom. The normalized spacial score (nSPS) is 11.6. The molecule has 0 radical (unpaired) electrons. The van der Waals surface area contributed by atoms with Crippen molar-refractivity contribution in [2.24, 2.45) is 0 Å². The number of carbonyl (C=O) groups is 2. The minimum Gasteiger partial charge on any atom is -0.271 e. The van der Waals surface area contributed by atoms with Crippen LogP contribution in [0.5, 0.6) is 0 Å². The number of amides is 2. The Morgan fingerprint density at radius 2 is 1.77 bits per heavy atom. The second kappa shape index (κ2) is 7.97. The third kappa shape index (κ3) is 4.07. The van der Waals surface area contributed by atoms with Gasteiger partial charge in [0.1, 0.15) is 18.2 Å². The molecule has 2 amide bonds. The van der Waals surface area contributed by atoms with Crippen LogP contribution in [0.1, 0.15) is 22.0 Å². The second-order valence-corrected chi connectivity index (χ2v) is 5.42. The third-order valence-electron chi connectivity index (χ3n) is 3.68. The van der Waals surface area contributed by atoms with Crippen molar-refractivity contribution in [2.75, 3.05) is 0 Å². The zero-order valence-corrected chi connectivity index (χ0v) is 13.5. The Morgan fingerprint density at radius 3 is 2.46 bits per heavy atom. The molecule has 2 N–H and O–H groups in total. The van der Waals surface area contributed by atoms with Gasteiger partial charge in [-0.3, -0.25) is 20.4 Å². The number of aromatic nitrogens is 4. The molecule has 0 saturated carbocycles. The highest BCUT2D eigenvalue weighted by Crippen LogP contribution is 2.13. The maximum Gasteiger partial charge on any atom is 0.272 e. The Hall–Kier alpha value is -3.62. The molecule has 1 aromatic heterocycles. The van der Waals surface area contributed by atoms with E-state index in [1.54, 1.807) is 0 Å². The molecule has 9 heteroatoms. The monoisotopic (exact) mass is 354 g/mol. The van der Waals surface area contributed by atoms with E-state index in [9.17, 15) is 14.0 Å². The van der Waals surface area contributed by atoms with E-state index in [1.807, 2.05) is 30.3 Å². The van der Waals surface area contributed by atoms with Crippen molar-refractivity contribution in [1.29, 1.82) is 0 Å². The van der Waals surface area contributed by atoms with Gasteiger partial charge in [0.25, 0.3) is 11.8 Å². The molecule has 0 saturated heterocycles. The average Bonchev–Trinajstić information content (AvgIpc) is 3.19. The van der Waals surface area contributed by atoms with Gasteiger partial charge in [-0.1, -0.05) is 42.5 Å². The van der Waals surface area contributed by atoms with E-state index >= 15 is 0 Å². The summed E-state index contributed by atoms with van der Waals surface area (Å²) in [4.78, 5) is 24.6. The minimum atomic E-state index is -0.784. The molecule has 1 heterocycles. The maximum atomic E-state index is 13.6. The summed E-state index contributed by atoms with van der Waals surface area (Å²) in [6.07, 6.45) is 1.62. The van der Waals surface area contributed by atoms with Crippen LogP contribution in [-0.4, -0.2) is 32.0 Å². The van der Waals surface area contributed by atoms with Gasteiger partial charge in [-0.15, -0.1) is 5.10 Å². The van der Waals surface area contributed by atoms with Crippen molar-refractivity contribution >= 4 is 11.8 Å². The summed E-state index contributed by atoms with van der Waals surface area (Å²) in [6, 6.07) is 14.0. The van der Waals surface area contributed by atoms with Gasteiger partial charge in [-0.25, -0.2) is 9.07 Å². The molecule has 8 nitrogen and oxygen atoms in total. The van der Waals surface area contributed by atoms with E-state index < -0.39 is 23.7 Å². The van der Waals surface area contributed by atoms with Crippen molar-refractivity contribution in [3.05, 3.63) is 77.9 Å². The summed E-state index contributed by atoms with van der Waals surface area (Å²) >= 11 is 0. The fourth-order valence-electron chi connectivity index (χ4n) is 2.37. The molecule has 0 bridgehead atoms. The molecule has 2 aromatic carbocycles. The summed E-state index contributed by atoms with van der Waals surface area (Å²) < 4.78 is 14.9. The smallest absolute Gasteiger partial charge is 0.271 e. The van der Waals surface area contributed by atoms with Crippen LogP contribution in [0.15, 0.2) is 60.9 Å². The van der Waals surface area contributed by atoms with E-state index in [4.69, 9.17) is 0 Å². The van der Waals surface area contributed by atoms with Crippen molar-refractivity contribution in [3.8, 4) is 0 Å². The number of halogens is 1. The molecule has 0 spiro atoms. The van der Waals surface area contributed by atoms with Gasteiger partial charge in [-0.05, 0) is 28.1 Å². The lowest BCUT2D eigenvalue weighted by Gasteiger charge is -2.17. The van der Waals surface area contributed by atoms with Gasteiger partial charge in [0.05, 0.1) is 5.56 Å². The Labute approximate surface area is 148 Å². The molecule has 132 valence electrons. The first-order chi connectivity index (χ1) is 12.6. The zero-order chi connectivity index (χ0) is 18.4. The SMILES string of the molecule is O=C(NNC(=O)C(Cc1ccccc1)n1cnnn1)c1ccccc1F. The molecule has 0 aliphatic rings. The van der Waals surface area contributed by atoms with Crippen LogP contribution in [-0.2, 0) is 11.2 Å². The number of hydrazine groups is 1. The van der Waals surface area contributed by atoms with Crippen LogP contribution in [0.3, 0.4) is 0 Å². The lowest BCUT2D eigenvalue weighted by atomic mass is 10.1. The van der Waals surface area contributed by atoms with Gasteiger partial charge in [0.2, 0.25) is 0 Å². The first-order valence-corrected chi connectivity index (χ1v) is 7.76. The van der Waals surface area contributed by atoms with Gasteiger partial charge in [0.15, 0.2) is 0 Å². The molecular weight excluding hydrogens is 339 g/mol. The Kier molecular flexibility index (Phi) is 5.28. The molecule has 1 atom stereocenters. The van der Waals surface area contributed by atoms with Crippen LogP contribution in [0, 0.1) is 5.82 Å². The summed E-state index contributed by atoms with van der Waals surface area (Å²) in [5.41, 5.74) is 5.22. The van der Waals surface area contributed by atoms with E-state index in [2.05, 4.69) is 26.4 Å². The van der Waals surface area contributed by atoms with E-state index in [0.29, 0.717) is 6.42 Å². The van der Waals surface area contributed by atoms with Gasteiger partial charge in [-0.2, -0.15) is 0 Å². The lowest BCUT2D eigenvalue weighted by Crippen LogP contribution is -2.46. The molecule has 3 rings (SSSR count). The number of nitrogens with zero attached hydrogens (tertiary/aromatic N) is 4. The fourth-order valence-corrected chi connectivity index (χ4v) is 2.37. The lowest BCUT2D eigenvalue weighted by molar-refractivity contribution is -0.125. The topological polar surface area (TPSA) is 102 Å².